The van der Waals surface area contributed by atoms with Crippen LogP contribution in [0.2, 0.25) is 0 Å². The standard InChI is InChI=1S/C31H37FN6O3/c1-31(2,3)18-37-17-24-19(7-8-26-23(24)15-33-35-26)13-21(29(37)40)14-27(39)36-11-9-22(10-12-36)38-16-20-5-4-6-25(32)28(20)34-30(38)41/h4-8,15,21-22H,9-14,16-18H2,1-3H3,(H,33,35)(H,34,41). The molecule has 1 fully saturated rings. The first-order chi connectivity index (χ1) is 19.6. The maximum Gasteiger partial charge on any atom is 0.322 e. The van der Waals surface area contributed by atoms with Crippen LogP contribution in [0.5, 0.6) is 0 Å². The van der Waals surface area contributed by atoms with Crippen LogP contribution in [-0.4, -0.2) is 68.4 Å². The second-order valence-electron chi connectivity index (χ2n) is 12.8. The molecular formula is C31H37FN6O3. The molecule has 3 aromatic rings. The summed E-state index contributed by atoms with van der Waals surface area (Å²) in [6.45, 7) is 8.83. The predicted molar refractivity (Wildman–Crippen MR) is 153 cm³/mol. The molecule has 4 amide bonds. The van der Waals surface area contributed by atoms with E-state index < -0.39 is 11.7 Å². The molecule has 0 radical (unpaired) electrons. The third-order valence-electron chi connectivity index (χ3n) is 8.59. The van der Waals surface area contributed by atoms with Gasteiger partial charge in [0.05, 0.1) is 23.3 Å². The van der Waals surface area contributed by atoms with Gasteiger partial charge >= 0.3 is 6.03 Å². The van der Waals surface area contributed by atoms with E-state index in [-0.39, 0.29) is 41.4 Å². The Labute approximate surface area is 239 Å². The van der Waals surface area contributed by atoms with Crippen LogP contribution in [0.3, 0.4) is 0 Å². The first-order valence-electron chi connectivity index (χ1n) is 14.4. The van der Waals surface area contributed by atoms with Gasteiger partial charge in [-0.25, -0.2) is 9.18 Å². The number of hydrogen-bond acceptors (Lipinski definition) is 4. The molecular weight excluding hydrogens is 523 g/mol. The van der Waals surface area contributed by atoms with Crippen LogP contribution in [0, 0.1) is 17.2 Å². The number of aromatic amines is 1. The number of piperidine rings is 1. The highest BCUT2D eigenvalue weighted by molar-refractivity contribution is 5.93. The fraction of sp³-hybridized carbons (Fsp3) is 0.484. The Morgan fingerprint density at radius 2 is 1.85 bits per heavy atom. The van der Waals surface area contributed by atoms with Crippen molar-refractivity contribution >= 4 is 34.4 Å². The quantitative estimate of drug-likeness (QED) is 0.484. The van der Waals surface area contributed by atoms with Crippen molar-refractivity contribution in [2.45, 2.75) is 65.6 Å². The molecule has 0 bridgehead atoms. The molecule has 2 aromatic carbocycles. The number of rotatable bonds is 4. The maximum absolute atomic E-state index is 14.1. The highest BCUT2D eigenvalue weighted by Gasteiger charge is 2.37. The van der Waals surface area contributed by atoms with Crippen LogP contribution in [0.4, 0.5) is 14.9 Å². The van der Waals surface area contributed by atoms with Gasteiger partial charge in [0, 0.05) is 50.6 Å². The number of likely N-dealkylation sites (tertiary alicyclic amines) is 1. The van der Waals surface area contributed by atoms with Gasteiger partial charge in [0.2, 0.25) is 11.8 Å². The molecule has 6 rings (SSSR count). The largest absolute Gasteiger partial charge is 0.343 e. The van der Waals surface area contributed by atoms with E-state index in [0.717, 1.165) is 27.6 Å². The van der Waals surface area contributed by atoms with Crippen LogP contribution >= 0.6 is 0 Å². The minimum absolute atomic E-state index is 0.0203. The zero-order valence-corrected chi connectivity index (χ0v) is 23.9. The molecule has 0 saturated carbocycles. The normalized spacial score (nSPS) is 20.1. The highest BCUT2D eigenvalue weighted by atomic mass is 19.1. The number of carbonyl (C=O) groups is 3. The molecule has 3 aliphatic heterocycles. The number of H-pyrrole nitrogens is 1. The lowest BCUT2D eigenvalue weighted by atomic mass is 9.91. The van der Waals surface area contributed by atoms with Crippen molar-refractivity contribution < 1.29 is 18.8 Å². The van der Waals surface area contributed by atoms with E-state index in [4.69, 9.17) is 0 Å². The Hall–Kier alpha value is -3.95. The molecule has 9 nitrogen and oxygen atoms in total. The lowest BCUT2D eigenvalue weighted by Gasteiger charge is -2.41. The van der Waals surface area contributed by atoms with Gasteiger partial charge in [0.1, 0.15) is 5.82 Å². The Bertz CT molecular complexity index is 1500. The summed E-state index contributed by atoms with van der Waals surface area (Å²) < 4.78 is 14.1. The SMILES string of the molecule is CC(C)(C)CN1Cc2c(ccc3[nH]ncc23)CC(CC(=O)N2CCC(N3Cc4cccc(F)c4NC3=O)CC2)C1=O. The van der Waals surface area contributed by atoms with Gasteiger partial charge in [-0.3, -0.25) is 14.7 Å². The van der Waals surface area contributed by atoms with E-state index in [9.17, 15) is 18.8 Å². The molecule has 0 aliphatic carbocycles. The van der Waals surface area contributed by atoms with Gasteiger partial charge in [0.25, 0.3) is 0 Å². The van der Waals surface area contributed by atoms with Crippen molar-refractivity contribution in [3.05, 3.63) is 59.0 Å². The van der Waals surface area contributed by atoms with Gasteiger partial charge in [-0.15, -0.1) is 0 Å². The molecule has 216 valence electrons. The van der Waals surface area contributed by atoms with Crippen molar-refractivity contribution in [2.75, 3.05) is 25.0 Å². The number of para-hydroxylation sites is 1. The van der Waals surface area contributed by atoms with Crippen LogP contribution in [-0.2, 0) is 29.1 Å². The third kappa shape index (κ3) is 5.39. The molecule has 10 heteroatoms. The number of aromatic nitrogens is 2. The number of urea groups is 1. The van der Waals surface area contributed by atoms with Gasteiger partial charge in [-0.2, -0.15) is 5.10 Å². The number of fused-ring (bicyclic) bond motifs is 4. The topological polar surface area (TPSA) is 102 Å². The summed E-state index contributed by atoms with van der Waals surface area (Å²) in [6.07, 6.45) is 3.77. The number of nitrogens with zero attached hydrogens (tertiary/aromatic N) is 4. The lowest BCUT2D eigenvalue weighted by molar-refractivity contribution is -0.142. The number of hydrogen-bond donors (Lipinski definition) is 2. The molecule has 41 heavy (non-hydrogen) atoms. The van der Waals surface area contributed by atoms with Gasteiger partial charge in [-0.1, -0.05) is 39.0 Å². The minimum Gasteiger partial charge on any atom is -0.343 e. The van der Waals surface area contributed by atoms with Crippen LogP contribution in [0.25, 0.3) is 10.9 Å². The van der Waals surface area contributed by atoms with E-state index in [2.05, 4.69) is 42.4 Å². The fourth-order valence-corrected chi connectivity index (χ4v) is 6.58. The summed E-state index contributed by atoms with van der Waals surface area (Å²) in [6, 6.07) is 8.53. The number of carbonyl (C=O) groups excluding carboxylic acids is 3. The lowest BCUT2D eigenvalue weighted by Crippen LogP contribution is -2.51. The van der Waals surface area contributed by atoms with E-state index in [1.807, 2.05) is 28.1 Å². The van der Waals surface area contributed by atoms with E-state index in [1.165, 1.54) is 6.07 Å². The second-order valence-corrected chi connectivity index (χ2v) is 12.8. The van der Waals surface area contributed by atoms with E-state index >= 15 is 0 Å². The van der Waals surface area contributed by atoms with Gasteiger partial charge in [0.15, 0.2) is 0 Å². The molecule has 3 aliphatic rings. The van der Waals surface area contributed by atoms with Gasteiger partial charge < -0.3 is 20.0 Å². The molecule has 0 spiro atoms. The van der Waals surface area contributed by atoms with Gasteiger partial charge in [-0.05, 0) is 53.5 Å². The number of benzene rings is 2. The fourth-order valence-electron chi connectivity index (χ4n) is 6.58. The molecule has 1 atom stereocenters. The van der Waals surface area contributed by atoms with Crippen molar-refractivity contribution in [1.29, 1.82) is 0 Å². The van der Waals surface area contributed by atoms with Crippen molar-refractivity contribution in [1.82, 2.24) is 24.9 Å². The first kappa shape index (κ1) is 27.2. The van der Waals surface area contributed by atoms with Crippen molar-refractivity contribution in [3.63, 3.8) is 0 Å². The minimum atomic E-state index is -0.438. The average Bonchev–Trinajstić information content (AvgIpc) is 3.37. The monoisotopic (exact) mass is 560 g/mol. The Morgan fingerprint density at radius 3 is 2.61 bits per heavy atom. The van der Waals surface area contributed by atoms with E-state index in [1.54, 1.807) is 11.0 Å². The molecule has 1 aromatic heterocycles. The summed E-state index contributed by atoms with van der Waals surface area (Å²) >= 11 is 0. The number of halogens is 1. The van der Waals surface area contributed by atoms with Crippen molar-refractivity contribution in [2.24, 2.45) is 11.3 Å². The summed E-state index contributed by atoms with van der Waals surface area (Å²) in [7, 11) is 0. The summed E-state index contributed by atoms with van der Waals surface area (Å²) in [5.74, 6) is -0.873. The molecule has 1 unspecified atom stereocenters. The maximum atomic E-state index is 14.1. The zero-order valence-electron chi connectivity index (χ0n) is 23.9. The Kier molecular flexibility index (Phi) is 6.95. The van der Waals surface area contributed by atoms with Crippen LogP contribution < -0.4 is 5.32 Å². The van der Waals surface area contributed by atoms with Crippen LogP contribution in [0.1, 0.15) is 56.7 Å². The number of amides is 4. The summed E-state index contributed by atoms with van der Waals surface area (Å²) in [5, 5.41) is 11.0. The number of nitrogens with one attached hydrogen (secondary N) is 2. The predicted octanol–water partition coefficient (Wildman–Crippen LogP) is 4.68. The molecule has 1 saturated heterocycles. The Morgan fingerprint density at radius 1 is 1.07 bits per heavy atom. The van der Waals surface area contributed by atoms with Crippen molar-refractivity contribution in [3.8, 4) is 0 Å². The first-order valence-corrected chi connectivity index (χ1v) is 14.4. The zero-order chi connectivity index (χ0) is 28.9. The van der Waals surface area contributed by atoms with E-state index in [0.29, 0.717) is 52.0 Å². The van der Waals surface area contributed by atoms with Crippen LogP contribution in [0.15, 0.2) is 36.5 Å². The second kappa shape index (κ2) is 10.5. The molecule has 2 N–H and O–H groups in total. The summed E-state index contributed by atoms with van der Waals surface area (Å²) in [5.41, 5.74) is 4.06. The Balaban J connectivity index is 1.14. The summed E-state index contributed by atoms with van der Waals surface area (Å²) in [4.78, 5) is 45.7. The smallest absolute Gasteiger partial charge is 0.322 e. The highest BCUT2D eigenvalue weighted by Crippen LogP contribution is 2.33. The molecule has 4 heterocycles. The third-order valence-corrected chi connectivity index (χ3v) is 8.59. The average molecular weight is 561 g/mol. The number of anilines is 1.